The van der Waals surface area contributed by atoms with Gasteiger partial charge in [-0.25, -0.2) is 4.39 Å². The molecule has 0 aromatic heterocycles. The quantitative estimate of drug-likeness (QED) is 0.189. The molecule has 0 amide bonds. The molecule has 12 heteroatoms. The van der Waals surface area contributed by atoms with E-state index in [9.17, 15) is 44.1 Å². The van der Waals surface area contributed by atoms with Crippen molar-refractivity contribution in [3.05, 3.63) is 47.6 Å². The van der Waals surface area contributed by atoms with E-state index in [2.05, 4.69) is 13.8 Å². The summed E-state index contributed by atoms with van der Waals surface area (Å²) >= 11 is 0. The van der Waals surface area contributed by atoms with Crippen LogP contribution in [0.15, 0.2) is 47.6 Å². The molecule has 0 radical (unpaired) electrons. The molecule has 11 nitrogen and oxygen atoms in total. The summed E-state index contributed by atoms with van der Waals surface area (Å²) in [6.45, 7) is 8.46. The van der Waals surface area contributed by atoms with Crippen molar-refractivity contribution in [3.8, 4) is 0 Å². The lowest BCUT2D eigenvalue weighted by Crippen LogP contribution is -2.61. The van der Waals surface area contributed by atoms with Crippen LogP contribution >= 0.6 is 0 Å². The van der Waals surface area contributed by atoms with E-state index >= 15 is 4.39 Å². The Morgan fingerprint density at radius 2 is 1.55 bits per heavy atom. The van der Waals surface area contributed by atoms with Crippen LogP contribution in [0.5, 0.6) is 0 Å². The number of aliphatic hydroxyl groups is 3. The van der Waals surface area contributed by atoms with Crippen LogP contribution in [0.4, 0.5) is 4.39 Å². The molecule has 5 saturated carbocycles. The predicted molar refractivity (Wildman–Crippen MR) is 217 cm³/mol. The predicted octanol–water partition coefficient (Wildman–Crippen LogP) is 5.87. The highest BCUT2D eigenvalue weighted by Gasteiger charge is 2.69. The van der Waals surface area contributed by atoms with Gasteiger partial charge in [0.2, 0.25) is 5.78 Å². The fourth-order valence-electron chi connectivity index (χ4n) is 13.9. The minimum atomic E-state index is -1.98. The van der Waals surface area contributed by atoms with Crippen molar-refractivity contribution >= 4 is 35.1 Å². The minimum absolute atomic E-state index is 0.0176. The Morgan fingerprint density at radius 1 is 0.867 bits per heavy atom. The van der Waals surface area contributed by atoms with E-state index in [1.54, 1.807) is 32.1 Å². The van der Waals surface area contributed by atoms with Crippen LogP contribution in [0.2, 0.25) is 0 Å². The lowest BCUT2D eigenvalue weighted by molar-refractivity contribution is -0.181. The zero-order valence-corrected chi connectivity index (χ0v) is 35.7. The maximum atomic E-state index is 15.7. The number of halogens is 1. The molecule has 0 aromatic carbocycles. The number of carbonyl (C=O) groups is 6. The molecule has 0 bridgehead atoms. The third kappa shape index (κ3) is 7.54. The van der Waals surface area contributed by atoms with Gasteiger partial charge in [-0.1, -0.05) is 57.9 Å². The minimum Gasteiger partial charge on any atom is -0.458 e. The number of carbonyl (C=O) groups excluding carboxylic acids is 6. The first-order chi connectivity index (χ1) is 28.2. The number of aliphatic hydroxyl groups excluding tert-OH is 2. The van der Waals surface area contributed by atoms with Crippen LogP contribution in [0.1, 0.15) is 112 Å². The van der Waals surface area contributed by atoms with Crippen LogP contribution in [0, 0.1) is 63.6 Å². The summed E-state index contributed by atoms with van der Waals surface area (Å²) < 4.78 is 26.4. The molecular formula is C48H63FO11. The van der Waals surface area contributed by atoms with Crippen LogP contribution in [0.3, 0.4) is 0 Å². The van der Waals surface area contributed by atoms with Crippen molar-refractivity contribution in [2.24, 2.45) is 63.6 Å². The molecule has 7 aliphatic carbocycles. The Bertz CT molecular complexity index is 1920. The standard InChI is InChI=1S/C48H63FO11/c1-26-9-12-30(50)20-28(26)10-13-33-36-19-27(2)48(58,47(36,5)23-38(53)44(33)49)40(55)25-60-42(57)8-6-7-41(56)59-24-39(54)35-16-15-34-32-14-11-29-21-31(51)17-18-45(29,3)43(32)37(52)22-46(34,35)4/h9,12,17-18,20-21,26-27,32-38,43-44,52-53,58H,6-8,10-11,13-16,19,22-25H2,1-5H3. The van der Waals surface area contributed by atoms with E-state index < -0.39 is 88.9 Å². The highest BCUT2D eigenvalue weighted by molar-refractivity contribution is 6.01. The van der Waals surface area contributed by atoms with Crippen molar-refractivity contribution in [3.63, 3.8) is 0 Å². The molecular weight excluding hydrogens is 772 g/mol. The zero-order valence-electron chi connectivity index (χ0n) is 35.7. The maximum absolute atomic E-state index is 15.7. The normalized spacial score (nSPS) is 42.9. The summed E-state index contributed by atoms with van der Waals surface area (Å²) in [6.07, 6.45) is 10.8. The van der Waals surface area contributed by atoms with Crippen molar-refractivity contribution in [1.82, 2.24) is 0 Å². The number of fused-ring (bicyclic) bond motifs is 6. The molecule has 7 rings (SSSR count). The first-order valence-corrected chi connectivity index (χ1v) is 22.2. The molecule has 5 fully saturated rings. The summed E-state index contributed by atoms with van der Waals surface area (Å²) in [4.78, 5) is 76.9. The van der Waals surface area contributed by atoms with E-state index in [0.717, 1.165) is 30.4 Å². The lowest BCUT2D eigenvalue weighted by atomic mass is 9.46. The summed E-state index contributed by atoms with van der Waals surface area (Å²) in [7, 11) is 0. The van der Waals surface area contributed by atoms with Crippen LogP contribution < -0.4 is 0 Å². The number of Topliss-reactive ketones (excluding diaryl/α,β-unsaturated/α-hetero) is 2. The molecule has 0 aromatic rings. The van der Waals surface area contributed by atoms with Crippen LogP contribution in [-0.2, 0) is 38.2 Å². The first kappa shape index (κ1) is 44.4. The molecule has 328 valence electrons. The first-order valence-electron chi connectivity index (χ1n) is 22.2. The summed E-state index contributed by atoms with van der Waals surface area (Å²) in [6, 6.07) is 0. The second-order valence-corrected chi connectivity index (χ2v) is 20.1. The smallest absolute Gasteiger partial charge is 0.306 e. The monoisotopic (exact) mass is 834 g/mol. The van der Waals surface area contributed by atoms with Crippen LogP contribution in [0.25, 0.3) is 0 Å². The van der Waals surface area contributed by atoms with Crippen molar-refractivity contribution in [2.75, 3.05) is 13.2 Å². The second kappa shape index (κ2) is 16.6. The van der Waals surface area contributed by atoms with Gasteiger partial charge in [0.25, 0.3) is 0 Å². The number of hydrogen-bond donors (Lipinski definition) is 3. The van der Waals surface area contributed by atoms with Gasteiger partial charge in [-0.2, -0.15) is 0 Å². The number of rotatable bonds is 13. The Labute approximate surface area is 352 Å². The number of esters is 2. The number of hydrogen-bond acceptors (Lipinski definition) is 11. The van der Waals surface area contributed by atoms with Gasteiger partial charge in [0.15, 0.2) is 24.0 Å². The largest absolute Gasteiger partial charge is 0.458 e. The Morgan fingerprint density at radius 3 is 2.27 bits per heavy atom. The third-order valence-corrected chi connectivity index (χ3v) is 17.0. The van der Waals surface area contributed by atoms with Gasteiger partial charge in [-0.15, -0.1) is 0 Å². The average Bonchev–Trinajstić information content (AvgIpc) is 3.64. The number of alkyl halides is 1. The molecule has 60 heavy (non-hydrogen) atoms. The Balaban J connectivity index is 0.869. The molecule has 7 aliphatic rings. The van der Waals surface area contributed by atoms with Gasteiger partial charge in [-0.05, 0) is 129 Å². The van der Waals surface area contributed by atoms with Gasteiger partial charge in [-0.3, -0.25) is 28.8 Å². The summed E-state index contributed by atoms with van der Waals surface area (Å²) in [5.74, 6) is -4.09. The average molecular weight is 835 g/mol. The van der Waals surface area contributed by atoms with Gasteiger partial charge in [0.1, 0.15) is 18.4 Å². The third-order valence-electron chi connectivity index (χ3n) is 17.0. The number of ether oxygens (including phenoxy) is 2. The molecule has 15 atom stereocenters. The van der Waals surface area contributed by atoms with Gasteiger partial charge < -0.3 is 24.8 Å². The molecule has 15 unspecified atom stereocenters. The second-order valence-electron chi connectivity index (χ2n) is 20.1. The molecule has 3 N–H and O–H groups in total. The van der Waals surface area contributed by atoms with E-state index in [1.807, 2.05) is 19.1 Å². The molecule has 0 aliphatic heterocycles. The highest BCUT2D eigenvalue weighted by atomic mass is 19.1. The van der Waals surface area contributed by atoms with E-state index in [-0.39, 0.29) is 72.6 Å². The highest BCUT2D eigenvalue weighted by Crippen LogP contribution is 2.66. The Hall–Kier alpha value is -3.61. The fraction of sp³-hybridized carbons (Fsp3) is 0.708. The maximum Gasteiger partial charge on any atom is 0.306 e. The van der Waals surface area contributed by atoms with E-state index in [1.165, 1.54) is 6.08 Å². The Kier molecular flexibility index (Phi) is 12.3. The molecule has 0 saturated heterocycles. The van der Waals surface area contributed by atoms with Crippen LogP contribution in [-0.4, -0.2) is 87.6 Å². The summed E-state index contributed by atoms with van der Waals surface area (Å²) in [5.41, 5.74) is -2.06. The van der Waals surface area contributed by atoms with E-state index in [0.29, 0.717) is 32.1 Å². The van der Waals surface area contributed by atoms with Crippen molar-refractivity contribution in [1.29, 1.82) is 0 Å². The summed E-state index contributed by atoms with van der Waals surface area (Å²) in [5, 5.41) is 34.6. The SMILES string of the molecule is CC1C=CC(=O)C=C1CCC1C(F)C(O)CC2(C)C1CC(C)C2(O)C(=O)COC(=O)CCCC(=O)OCC(=O)C1CCC2C3CCC4=CC(=O)C=CC4(C)C3C(O)CC12C. The van der Waals surface area contributed by atoms with Gasteiger partial charge >= 0.3 is 11.9 Å². The number of ketones is 4. The van der Waals surface area contributed by atoms with Crippen molar-refractivity contribution < 1.29 is 58.0 Å². The fourth-order valence-corrected chi connectivity index (χ4v) is 13.9. The van der Waals surface area contributed by atoms with Crippen molar-refractivity contribution in [2.45, 2.75) is 136 Å². The van der Waals surface area contributed by atoms with Gasteiger partial charge in [0, 0.05) is 35.5 Å². The molecule has 0 heterocycles. The zero-order chi connectivity index (χ0) is 43.5. The topological polar surface area (TPSA) is 182 Å². The van der Waals surface area contributed by atoms with Gasteiger partial charge in [0.05, 0.1) is 12.2 Å². The van der Waals surface area contributed by atoms with E-state index in [4.69, 9.17) is 9.47 Å². The number of allylic oxidation sites excluding steroid dienone is 8. The lowest BCUT2D eigenvalue weighted by Gasteiger charge is -2.58. The molecule has 0 spiro atoms.